The van der Waals surface area contributed by atoms with Gasteiger partial charge in [0, 0.05) is 24.3 Å². The van der Waals surface area contributed by atoms with Crippen LogP contribution in [0.3, 0.4) is 0 Å². The zero-order chi connectivity index (χ0) is 15.1. The first-order valence-electron chi connectivity index (χ1n) is 7.61. The molecule has 1 aliphatic heterocycles. The predicted octanol–water partition coefficient (Wildman–Crippen LogP) is 2.72. The van der Waals surface area contributed by atoms with Crippen molar-refractivity contribution in [3.8, 4) is 11.1 Å². The van der Waals surface area contributed by atoms with Crippen molar-refractivity contribution in [3.63, 3.8) is 0 Å². The first kappa shape index (κ1) is 13.3. The van der Waals surface area contributed by atoms with Crippen LogP contribution in [-0.2, 0) is 13.1 Å². The highest BCUT2D eigenvalue weighted by Gasteiger charge is 2.36. The van der Waals surface area contributed by atoms with Gasteiger partial charge in [0.05, 0.1) is 6.54 Å². The van der Waals surface area contributed by atoms with Gasteiger partial charge in [0.15, 0.2) is 0 Å². The van der Waals surface area contributed by atoms with Crippen LogP contribution in [0, 0.1) is 0 Å². The minimum absolute atomic E-state index is 0.0295. The van der Waals surface area contributed by atoms with Gasteiger partial charge in [0.25, 0.3) is 0 Å². The van der Waals surface area contributed by atoms with E-state index in [1.807, 2.05) is 23.1 Å². The number of carbonyl (C=O) groups is 1. The lowest BCUT2D eigenvalue weighted by Gasteiger charge is -2.30. The van der Waals surface area contributed by atoms with Crippen molar-refractivity contribution in [1.82, 2.24) is 9.88 Å². The highest BCUT2D eigenvalue weighted by atomic mass is 16.2. The van der Waals surface area contributed by atoms with Crippen molar-refractivity contribution in [2.75, 3.05) is 5.32 Å². The molecule has 0 saturated heterocycles. The molecule has 22 heavy (non-hydrogen) atoms. The molecule has 0 radical (unpaired) electrons. The lowest BCUT2D eigenvalue weighted by atomic mass is 9.98. The summed E-state index contributed by atoms with van der Waals surface area (Å²) < 4.78 is 0. The average Bonchev–Trinajstić information content (AvgIpc) is 3.38. The van der Waals surface area contributed by atoms with E-state index in [9.17, 15) is 4.79 Å². The maximum Gasteiger partial charge on any atom is 0.323 e. The summed E-state index contributed by atoms with van der Waals surface area (Å²) in [4.78, 5) is 18.4. The third kappa shape index (κ3) is 2.23. The maximum atomic E-state index is 12.1. The zero-order valence-corrected chi connectivity index (χ0v) is 12.2. The highest BCUT2D eigenvalue weighted by Crippen LogP contribution is 2.36. The number of aromatic nitrogens is 1. The second kappa shape index (κ2) is 5.10. The van der Waals surface area contributed by atoms with Gasteiger partial charge in [-0.25, -0.2) is 9.78 Å². The van der Waals surface area contributed by atoms with Gasteiger partial charge in [-0.05, 0) is 35.6 Å². The number of benzene rings is 1. The van der Waals surface area contributed by atoms with E-state index < -0.39 is 0 Å². The minimum atomic E-state index is -0.0295. The number of urea groups is 1. The first-order valence-corrected chi connectivity index (χ1v) is 7.61. The maximum absolute atomic E-state index is 12.1. The molecule has 1 aromatic heterocycles. The SMILES string of the molecule is NCc1ccc(-c2ccnc3c2CN(C2CC2)C(=O)N3)cc1. The topological polar surface area (TPSA) is 71.2 Å². The molecular formula is C17H18N4O. The smallest absolute Gasteiger partial charge is 0.323 e. The number of hydrogen-bond donors (Lipinski definition) is 2. The van der Waals surface area contributed by atoms with Crippen molar-refractivity contribution in [2.24, 2.45) is 5.73 Å². The summed E-state index contributed by atoms with van der Waals surface area (Å²) in [7, 11) is 0. The molecule has 0 bridgehead atoms. The third-order valence-corrected chi connectivity index (χ3v) is 4.36. The summed E-state index contributed by atoms with van der Waals surface area (Å²) in [5.74, 6) is 0.683. The second-order valence-corrected chi connectivity index (χ2v) is 5.88. The summed E-state index contributed by atoms with van der Waals surface area (Å²) in [6, 6.07) is 10.6. The Morgan fingerprint density at radius 3 is 2.68 bits per heavy atom. The fraction of sp³-hybridized carbons (Fsp3) is 0.294. The monoisotopic (exact) mass is 294 g/mol. The quantitative estimate of drug-likeness (QED) is 0.914. The molecule has 112 valence electrons. The summed E-state index contributed by atoms with van der Waals surface area (Å²) in [5.41, 5.74) is 10.1. The molecule has 3 N–H and O–H groups in total. The van der Waals surface area contributed by atoms with Crippen LogP contribution in [0.5, 0.6) is 0 Å². The van der Waals surface area contributed by atoms with Crippen LogP contribution in [0.1, 0.15) is 24.0 Å². The average molecular weight is 294 g/mol. The Morgan fingerprint density at radius 1 is 1.23 bits per heavy atom. The molecule has 5 nitrogen and oxygen atoms in total. The first-order chi connectivity index (χ1) is 10.8. The van der Waals surface area contributed by atoms with Crippen molar-refractivity contribution in [3.05, 3.63) is 47.7 Å². The van der Waals surface area contributed by atoms with E-state index in [1.54, 1.807) is 6.20 Å². The molecular weight excluding hydrogens is 276 g/mol. The number of nitrogens with two attached hydrogens (primary N) is 1. The Balaban J connectivity index is 1.74. The molecule has 2 aliphatic rings. The molecule has 5 heteroatoms. The van der Waals surface area contributed by atoms with Gasteiger partial charge in [-0.15, -0.1) is 0 Å². The van der Waals surface area contributed by atoms with Gasteiger partial charge >= 0.3 is 6.03 Å². The Morgan fingerprint density at radius 2 is 2.00 bits per heavy atom. The van der Waals surface area contributed by atoms with Crippen LogP contribution in [0.4, 0.5) is 10.6 Å². The fourth-order valence-corrected chi connectivity index (χ4v) is 2.95. The van der Waals surface area contributed by atoms with Crippen molar-refractivity contribution in [1.29, 1.82) is 0 Å². The predicted molar refractivity (Wildman–Crippen MR) is 85.1 cm³/mol. The van der Waals surface area contributed by atoms with Crippen LogP contribution in [0.15, 0.2) is 36.5 Å². The van der Waals surface area contributed by atoms with Gasteiger partial charge in [-0.1, -0.05) is 24.3 Å². The Hall–Kier alpha value is -2.40. The standard InChI is InChI=1S/C17H18N4O/c18-9-11-1-3-12(4-2-11)14-7-8-19-16-15(14)10-21(13-5-6-13)17(22)20-16/h1-4,7-8,13H,5-6,9-10,18H2,(H,19,20,22). The number of amides is 2. The highest BCUT2D eigenvalue weighted by molar-refractivity contribution is 5.93. The van der Waals surface area contributed by atoms with Crippen LogP contribution >= 0.6 is 0 Å². The molecule has 0 spiro atoms. The molecule has 2 heterocycles. The lowest BCUT2D eigenvalue weighted by Crippen LogP contribution is -2.40. The number of nitrogens with zero attached hydrogens (tertiary/aromatic N) is 2. The van der Waals surface area contributed by atoms with E-state index in [4.69, 9.17) is 5.73 Å². The molecule has 1 saturated carbocycles. The number of nitrogens with one attached hydrogen (secondary N) is 1. The molecule has 2 amide bonds. The van der Waals surface area contributed by atoms with E-state index >= 15 is 0 Å². The largest absolute Gasteiger partial charge is 0.326 e. The number of anilines is 1. The molecule has 1 fully saturated rings. The number of pyridine rings is 1. The summed E-state index contributed by atoms with van der Waals surface area (Å²) >= 11 is 0. The molecule has 1 aliphatic carbocycles. The van der Waals surface area contributed by atoms with Crippen molar-refractivity contribution in [2.45, 2.75) is 32.0 Å². The second-order valence-electron chi connectivity index (χ2n) is 5.88. The number of rotatable bonds is 3. The molecule has 0 unspecified atom stereocenters. The minimum Gasteiger partial charge on any atom is -0.326 e. The van der Waals surface area contributed by atoms with Crippen LogP contribution in [-0.4, -0.2) is 22.0 Å². The third-order valence-electron chi connectivity index (χ3n) is 4.36. The summed E-state index contributed by atoms with van der Waals surface area (Å²) in [6.07, 6.45) is 3.95. The Bertz CT molecular complexity index is 722. The van der Waals surface area contributed by atoms with Crippen LogP contribution in [0.2, 0.25) is 0 Å². The normalized spacial score (nSPS) is 17.1. The van der Waals surface area contributed by atoms with E-state index in [1.165, 1.54) is 0 Å². The van der Waals surface area contributed by atoms with Crippen LogP contribution < -0.4 is 11.1 Å². The van der Waals surface area contributed by atoms with Crippen LogP contribution in [0.25, 0.3) is 11.1 Å². The molecule has 0 atom stereocenters. The van der Waals surface area contributed by atoms with Gasteiger partial charge in [0.1, 0.15) is 5.82 Å². The molecule has 4 rings (SSSR count). The summed E-state index contributed by atoms with van der Waals surface area (Å²) in [6.45, 7) is 1.17. The molecule has 2 aromatic rings. The van der Waals surface area contributed by atoms with E-state index in [2.05, 4.69) is 22.4 Å². The molecule has 1 aromatic carbocycles. The Labute approximate surface area is 129 Å². The fourth-order valence-electron chi connectivity index (χ4n) is 2.95. The number of carbonyl (C=O) groups excluding carboxylic acids is 1. The Kier molecular flexibility index (Phi) is 3.08. The zero-order valence-electron chi connectivity index (χ0n) is 12.2. The lowest BCUT2D eigenvalue weighted by molar-refractivity contribution is 0.203. The van der Waals surface area contributed by atoms with E-state index in [0.717, 1.165) is 35.1 Å². The summed E-state index contributed by atoms with van der Waals surface area (Å²) in [5, 5.41) is 2.92. The number of fused-ring (bicyclic) bond motifs is 1. The van der Waals surface area contributed by atoms with E-state index in [0.29, 0.717) is 24.9 Å². The van der Waals surface area contributed by atoms with Gasteiger partial charge in [-0.3, -0.25) is 5.32 Å². The van der Waals surface area contributed by atoms with Gasteiger partial charge < -0.3 is 10.6 Å². The number of hydrogen-bond acceptors (Lipinski definition) is 3. The van der Waals surface area contributed by atoms with Gasteiger partial charge in [-0.2, -0.15) is 0 Å². The van der Waals surface area contributed by atoms with E-state index in [-0.39, 0.29) is 6.03 Å². The van der Waals surface area contributed by atoms with Gasteiger partial charge in [0.2, 0.25) is 0 Å². The van der Waals surface area contributed by atoms with Crippen molar-refractivity contribution >= 4 is 11.8 Å². The van der Waals surface area contributed by atoms with Crippen molar-refractivity contribution < 1.29 is 4.79 Å².